The van der Waals surface area contributed by atoms with Crippen molar-refractivity contribution in [3.8, 4) is 0 Å². The van der Waals surface area contributed by atoms with Crippen molar-refractivity contribution in [1.82, 2.24) is 0 Å². The molecule has 88 valence electrons. The number of nitrogens with one attached hydrogen (secondary N) is 1. The SMILES string of the molecule is CCCN=C(N)Nc1cc(Cl)c(C)cc1Br. The van der Waals surface area contributed by atoms with Crippen molar-refractivity contribution in [1.29, 1.82) is 0 Å². The van der Waals surface area contributed by atoms with Crippen molar-refractivity contribution >= 4 is 39.2 Å². The van der Waals surface area contributed by atoms with Gasteiger partial charge in [0.25, 0.3) is 0 Å². The number of hydrogen-bond donors (Lipinski definition) is 2. The lowest BCUT2D eigenvalue weighted by Crippen LogP contribution is -2.23. The molecule has 0 aromatic heterocycles. The summed E-state index contributed by atoms with van der Waals surface area (Å²) in [5, 5.41) is 3.71. The molecule has 0 aliphatic carbocycles. The molecule has 5 heteroatoms. The molecule has 0 fully saturated rings. The maximum Gasteiger partial charge on any atom is 0.193 e. The Morgan fingerprint density at radius 2 is 2.25 bits per heavy atom. The largest absolute Gasteiger partial charge is 0.370 e. The van der Waals surface area contributed by atoms with Crippen LogP contribution in [-0.2, 0) is 0 Å². The number of hydrogen-bond acceptors (Lipinski definition) is 1. The van der Waals surface area contributed by atoms with Gasteiger partial charge in [0.05, 0.1) is 5.69 Å². The van der Waals surface area contributed by atoms with Gasteiger partial charge in [0.1, 0.15) is 0 Å². The Morgan fingerprint density at radius 3 is 2.88 bits per heavy atom. The maximum atomic E-state index is 6.03. The first-order chi connectivity index (χ1) is 7.54. The molecule has 0 amide bonds. The minimum absolute atomic E-state index is 0.405. The Hall–Kier alpha value is -0.740. The van der Waals surface area contributed by atoms with Crippen LogP contribution in [0.5, 0.6) is 0 Å². The highest BCUT2D eigenvalue weighted by Gasteiger charge is 2.04. The molecule has 0 unspecified atom stereocenters. The Kier molecular flexibility index (Phi) is 5.09. The summed E-state index contributed by atoms with van der Waals surface area (Å²) in [5.74, 6) is 0.405. The maximum absolute atomic E-state index is 6.03. The van der Waals surface area contributed by atoms with Crippen LogP contribution in [0.15, 0.2) is 21.6 Å². The standard InChI is InChI=1S/C11H15BrClN3/c1-3-4-15-11(14)16-10-6-9(13)7(2)5-8(10)12/h5-6H,3-4H2,1-2H3,(H3,14,15,16). The van der Waals surface area contributed by atoms with E-state index >= 15 is 0 Å². The van der Waals surface area contributed by atoms with Gasteiger partial charge in [-0.3, -0.25) is 4.99 Å². The Bertz CT molecular complexity index is 404. The molecule has 0 bridgehead atoms. The van der Waals surface area contributed by atoms with E-state index in [0.717, 1.165) is 28.7 Å². The molecule has 3 nitrogen and oxygen atoms in total. The molecule has 16 heavy (non-hydrogen) atoms. The summed E-state index contributed by atoms with van der Waals surface area (Å²) < 4.78 is 0.920. The second-order valence-corrected chi connectivity index (χ2v) is 4.73. The molecule has 0 saturated carbocycles. The van der Waals surface area contributed by atoms with Crippen LogP contribution in [0.25, 0.3) is 0 Å². The van der Waals surface area contributed by atoms with E-state index in [1.165, 1.54) is 0 Å². The summed E-state index contributed by atoms with van der Waals surface area (Å²) in [4.78, 5) is 4.15. The Balaban J connectivity index is 2.85. The van der Waals surface area contributed by atoms with E-state index in [2.05, 4.69) is 33.2 Å². The lowest BCUT2D eigenvalue weighted by atomic mass is 10.2. The average Bonchev–Trinajstić information content (AvgIpc) is 2.23. The van der Waals surface area contributed by atoms with Crippen molar-refractivity contribution in [3.05, 3.63) is 27.2 Å². The zero-order chi connectivity index (χ0) is 12.1. The van der Waals surface area contributed by atoms with Crippen molar-refractivity contribution < 1.29 is 0 Å². The number of halogens is 2. The second kappa shape index (κ2) is 6.11. The van der Waals surface area contributed by atoms with Crippen LogP contribution in [0, 0.1) is 6.92 Å². The van der Waals surface area contributed by atoms with Crippen molar-refractivity contribution in [2.24, 2.45) is 10.7 Å². The fraction of sp³-hybridized carbons (Fsp3) is 0.364. The van der Waals surface area contributed by atoms with Crippen LogP contribution >= 0.6 is 27.5 Å². The molecule has 0 atom stereocenters. The number of nitrogens with two attached hydrogens (primary N) is 1. The second-order valence-electron chi connectivity index (χ2n) is 3.47. The third kappa shape index (κ3) is 3.68. The molecule has 0 spiro atoms. The average molecular weight is 305 g/mol. The number of guanidine groups is 1. The van der Waals surface area contributed by atoms with Crippen LogP contribution in [0.3, 0.4) is 0 Å². The molecule has 1 aromatic carbocycles. The fourth-order valence-corrected chi connectivity index (χ4v) is 1.87. The molecular formula is C11H15BrClN3. The van der Waals surface area contributed by atoms with E-state index in [9.17, 15) is 0 Å². The number of nitrogens with zero attached hydrogens (tertiary/aromatic N) is 1. The van der Waals surface area contributed by atoms with E-state index in [0.29, 0.717) is 11.0 Å². The van der Waals surface area contributed by atoms with E-state index in [-0.39, 0.29) is 0 Å². The van der Waals surface area contributed by atoms with Gasteiger partial charge in [0.2, 0.25) is 0 Å². The summed E-state index contributed by atoms with van der Waals surface area (Å²) in [5.41, 5.74) is 7.57. The zero-order valence-corrected chi connectivity index (χ0v) is 11.7. The van der Waals surface area contributed by atoms with Crippen LogP contribution in [-0.4, -0.2) is 12.5 Å². The first-order valence-electron chi connectivity index (χ1n) is 5.07. The summed E-state index contributed by atoms with van der Waals surface area (Å²) in [6.07, 6.45) is 0.970. The van der Waals surface area contributed by atoms with Gasteiger partial charge in [-0.2, -0.15) is 0 Å². The van der Waals surface area contributed by atoms with Crippen LogP contribution in [0.4, 0.5) is 5.69 Å². The van der Waals surface area contributed by atoms with Gasteiger partial charge in [-0.15, -0.1) is 0 Å². The van der Waals surface area contributed by atoms with Crippen LogP contribution in [0.2, 0.25) is 5.02 Å². The highest BCUT2D eigenvalue weighted by molar-refractivity contribution is 9.10. The van der Waals surface area contributed by atoms with Crippen LogP contribution in [0.1, 0.15) is 18.9 Å². The quantitative estimate of drug-likeness (QED) is 0.663. The smallest absolute Gasteiger partial charge is 0.193 e. The van der Waals surface area contributed by atoms with E-state index < -0.39 is 0 Å². The Morgan fingerprint density at radius 1 is 1.56 bits per heavy atom. The highest BCUT2D eigenvalue weighted by Crippen LogP contribution is 2.28. The predicted octanol–water partition coefficient (Wildman–Crippen LogP) is 3.55. The van der Waals surface area contributed by atoms with Crippen molar-refractivity contribution in [2.75, 3.05) is 11.9 Å². The predicted molar refractivity (Wildman–Crippen MR) is 74.3 cm³/mol. The highest BCUT2D eigenvalue weighted by atomic mass is 79.9. The van der Waals surface area contributed by atoms with Crippen molar-refractivity contribution in [3.63, 3.8) is 0 Å². The molecule has 0 radical (unpaired) electrons. The summed E-state index contributed by atoms with van der Waals surface area (Å²) in [6.45, 7) is 4.72. The monoisotopic (exact) mass is 303 g/mol. The molecule has 0 aliphatic heterocycles. The molecule has 1 rings (SSSR count). The third-order valence-corrected chi connectivity index (χ3v) is 3.08. The number of benzene rings is 1. The van der Waals surface area contributed by atoms with Gasteiger partial charge in [-0.05, 0) is 47.0 Å². The van der Waals surface area contributed by atoms with Gasteiger partial charge in [0.15, 0.2) is 5.96 Å². The summed E-state index contributed by atoms with van der Waals surface area (Å²) >= 11 is 9.48. The third-order valence-electron chi connectivity index (χ3n) is 2.02. The van der Waals surface area contributed by atoms with E-state index in [1.54, 1.807) is 0 Å². The van der Waals surface area contributed by atoms with E-state index in [1.807, 2.05) is 19.1 Å². The molecular weight excluding hydrogens is 289 g/mol. The van der Waals surface area contributed by atoms with Crippen LogP contribution < -0.4 is 11.1 Å². The summed E-state index contributed by atoms with van der Waals surface area (Å²) in [6, 6.07) is 3.77. The number of aryl methyl sites for hydroxylation is 1. The molecule has 0 aliphatic rings. The zero-order valence-electron chi connectivity index (χ0n) is 9.35. The summed E-state index contributed by atoms with van der Waals surface area (Å²) in [7, 11) is 0. The molecule has 3 N–H and O–H groups in total. The lowest BCUT2D eigenvalue weighted by molar-refractivity contribution is 0.929. The van der Waals surface area contributed by atoms with Gasteiger partial charge in [-0.25, -0.2) is 0 Å². The first kappa shape index (κ1) is 13.3. The molecule has 0 heterocycles. The first-order valence-corrected chi connectivity index (χ1v) is 6.24. The number of aliphatic imine (C=N–C) groups is 1. The number of anilines is 1. The van der Waals surface area contributed by atoms with Gasteiger partial charge in [-0.1, -0.05) is 18.5 Å². The van der Waals surface area contributed by atoms with Gasteiger partial charge in [0, 0.05) is 16.0 Å². The normalized spacial score (nSPS) is 11.6. The minimum atomic E-state index is 0.405. The topological polar surface area (TPSA) is 50.4 Å². The molecule has 1 aromatic rings. The van der Waals surface area contributed by atoms with Gasteiger partial charge < -0.3 is 11.1 Å². The number of rotatable bonds is 3. The van der Waals surface area contributed by atoms with Crippen molar-refractivity contribution in [2.45, 2.75) is 20.3 Å². The van der Waals surface area contributed by atoms with Gasteiger partial charge >= 0.3 is 0 Å². The molecule has 0 saturated heterocycles. The minimum Gasteiger partial charge on any atom is -0.370 e. The van der Waals surface area contributed by atoms with E-state index in [4.69, 9.17) is 17.3 Å². The lowest BCUT2D eigenvalue weighted by Gasteiger charge is -2.09. The Labute approximate surface area is 109 Å². The fourth-order valence-electron chi connectivity index (χ4n) is 1.15.